The van der Waals surface area contributed by atoms with E-state index in [4.69, 9.17) is 6.42 Å². The summed E-state index contributed by atoms with van der Waals surface area (Å²) in [5, 5.41) is 2.86. The predicted octanol–water partition coefficient (Wildman–Crippen LogP) is 4.59. The van der Waals surface area contributed by atoms with E-state index in [0.717, 1.165) is 16.7 Å². The van der Waals surface area contributed by atoms with Gasteiger partial charge < -0.3 is 5.32 Å². The molecule has 0 aromatic heterocycles. The fourth-order valence-electron chi connectivity index (χ4n) is 2.33. The average Bonchev–Trinajstić information content (AvgIpc) is 2.63. The summed E-state index contributed by atoms with van der Waals surface area (Å²) in [6, 6.07) is 24.8. The van der Waals surface area contributed by atoms with Gasteiger partial charge in [-0.1, -0.05) is 54.5 Å². The molecule has 110 valence electrons. The van der Waals surface area contributed by atoms with Crippen LogP contribution in [-0.4, -0.2) is 5.91 Å². The summed E-state index contributed by atoms with van der Waals surface area (Å²) < 4.78 is 0. The van der Waals surface area contributed by atoms with Crippen molar-refractivity contribution < 1.29 is 4.79 Å². The first-order valence-corrected chi connectivity index (χ1v) is 7.30. The zero-order valence-corrected chi connectivity index (χ0v) is 12.5. The van der Waals surface area contributed by atoms with Gasteiger partial charge in [-0.05, 0) is 41.5 Å². The third-order valence-corrected chi connectivity index (χ3v) is 3.54. The molecule has 23 heavy (non-hydrogen) atoms. The van der Waals surface area contributed by atoms with Crippen molar-refractivity contribution in [3.63, 3.8) is 0 Å². The van der Waals surface area contributed by atoms with Gasteiger partial charge in [0.15, 0.2) is 0 Å². The van der Waals surface area contributed by atoms with Crippen molar-refractivity contribution >= 4 is 11.6 Å². The van der Waals surface area contributed by atoms with Crippen LogP contribution in [0.4, 0.5) is 5.69 Å². The molecule has 1 N–H and O–H groups in total. The fourth-order valence-corrected chi connectivity index (χ4v) is 2.33. The van der Waals surface area contributed by atoms with E-state index in [1.807, 2.05) is 72.8 Å². The molecule has 0 atom stereocenters. The highest BCUT2D eigenvalue weighted by molar-refractivity contribution is 6.04. The third kappa shape index (κ3) is 3.48. The quantitative estimate of drug-likeness (QED) is 0.704. The summed E-state index contributed by atoms with van der Waals surface area (Å²) >= 11 is 0. The Kier molecular flexibility index (Phi) is 4.22. The summed E-state index contributed by atoms with van der Waals surface area (Å²) in [5.74, 6) is 2.40. The second kappa shape index (κ2) is 6.64. The van der Waals surface area contributed by atoms with Crippen LogP contribution >= 0.6 is 0 Å². The van der Waals surface area contributed by atoms with Crippen LogP contribution in [-0.2, 0) is 0 Å². The molecule has 0 aliphatic rings. The Bertz CT molecular complexity index is 858. The number of benzene rings is 3. The molecule has 2 heteroatoms. The van der Waals surface area contributed by atoms with Crippen molar-refractivity contribution in [1.29, 1.82) is 0 Å². The first-order chi connectivity index (χ1) is 11.3. The van der Waals surface area contributed by atoms with Crippen molar-refractivity contribution in [2.75, 3.05) is 5.32 Å². The van der Waals surface area contributed by atoms with Crippen molar-refractivity contribution in [3.05, 3.63) is 90.0 Å². The molecule has 0 radical (unpaired) electrons. The highest BCUT2D eigenvalue weighted by atomic mass is 16.1. The Morgan fingerprint density at radius 3 is 2.22 bits per heavy atom. The van der Waals surface area contributed by atoms with E-state index in [-0.39, 0.29) is 5.91 Å². The molecule has 2 nitrogen and oxygen atoms in total. The second-order valence-electron chi connectivity index (χ2n) is 5.12. The molecule has 0 saturated carbocycles. The van der Waals surface area contributed by atoms with E-state index in [1.165, 1.54) is 0 Å². The van der Waals surface area contributed by atoms with Gasteiger partial charge in [0, 0.05) is 16.8 Å². The van der Waals surface area contributed by atoms with Crippen molar-refractivity contribution in [2.24, 2.45) is 0 Å². The second-order valence-corrected chi connectivity index (χ2v) is 5.12. The van der Waals surface area contributed by atoms with Crippen LogP contribution in [0.1, 0.15) is 15.9 Å². The zero-order valence-electron chi connectivity index (χ0n) is 12.5. The SMILES string of the molecule is C#Cc1cccc(NC(=O)c2ccc(-c3ccccc3)cc2)c1. The van der Waals surface area contributed by atoms with Crippen LogP contribution < -0.4 is 5.32 Å². The molecule has 0 spiro atoms. The first kappa shape index (κ1) is 14.6. The molecule has 0 fully saturated rings. The molecule has 0 bridgehead atoms. The Morgan fingerprint density at radius 1 is 0.826 bits per heavy atom. The van der Waals surface area contributed by atoms with Gasteiger partial charge in [0.25, 0.3) is 5.91 Å². The number of carbonyl (C=O) groups is 1. The van der Waals surface area contributed by atoms with Gasteiger partial charge in [0.05, 0.1) is 0 Å². The third-order valence-electron chi connectivity index (χ3n) is 3.54. The summed E-state index contributed by atoms with van der Waals surface area (Å²) in [5.41, 5.74) is 4.24. The predicted molar refractivity (Wildman–Crippen MR) is 94.2 cm³/mol. The van der Waals surface area contributed by atoms with Crippen molar-refractivity contribution in [1.82, 2.24) is 0 Å². The van der Waals surface area contributed by atoms with Gasteiger partial charge >= 0.3 is 0 Å². The number of anilines is 1. The molecule has 1 amide bonds. The topological polar surface area (TPSA) is 29.1 Å². The van der Waals surface area contributed by atoms with E-state index in [2.05, 4.69) is 11.2 Å². The Labute approximate surface area is 135 Å². The van der Waals surface area contributed by atoms with Crippen molar-refractivity contribution in [3.8, 4) is 23.5 Å². The number of hydrogen-bond donors (Lipinski definition) is 1. The smallest absolute Gasteiger partial charge is 0.255 e. The Morgan fingerprint density at radius 2 is 1.52 bits per heavy atom. The number of hydrogen-bond acceptors (Lipinski definition) is 1. The van der Waals surface area contributed by atoms with E-state index in [0.29, 0.717) is 11.3 Å². The van der Waals surface area contributed by atoms with Gasteiger partial charge in [-0.15, -0.1) is 6.42 Å². The number of terminal acetylenes is 1. The van der Waals surface area contributed by atoms with Gasteiger partial charge in [-0.3, -0.25) is 4.79 Å². The van der Waals surface area contributed by atoms with Crippen molar-refractivity contribution in [2.45, 2.75) is 0 Å². The minimum atomic E-state index is -0.154. The maximum atomic E-state index is 12.3. The lowest BCUT2D eigenvalue weighted by molar-refractivity contribution is 0.102. The molecule has 3 aromatic carbocycles. The largest absolute Gasteiger partial charge is 0.322 e. The number of rotatable bonds is 3. The zero-order chi connectivity index (χ0) is 16.1. The van der Waals surface area contributed by atoms with Crippen LogP contribution in [0.5, 0.6) is 0 Å². The lowest BCUT2D eigenvalue weighted by Crippen LogP contribution is -2.11. The number of amides is 1. The molecule has 0 aliphatic carbocycles. The van der Waals surface area contributed by atoms with Crippen LogP contribution in [0.3, 0.4) is 0 Å². The minimum Gasteiger partial charge on any atom is -0.322 e. The van der Waals surface area contributed by atoms with Crippen LogP contribution in [0.25, 0.3) is 11.1 Å². The van der Waals surface area contributed by atoms with E-state index >= 15 is 0 Å². The van der Waals surface area contributed by atoms with Crippen LogP contribution in [0.2, 0.25) is 0 Å². The van der Waals surface area contributed by atoms with Gasteiger partial charge in [-0.25, -0.2) is 0 Å². The maximum Gasteiger partial charge on any atom is 0.255 e. The normalized spacial score (nSPS) is 9.87. The lowest BCUT2D eigenvalue weighted by atomic mass is 10.0. The highest BCUT2D eigenvalue weighted by Crippen LogP contribution is 2.20. The van der Waals surface area contributed by atoms with Gasteiger partial charge in [-0.2, -0.15) is 0 Å². The Balaban J connectivity index is 1.77. The Hall–Kier alpha value is -3.31. The molecule has 0 unspecified atom stereocenters. The molecule has 0 heterocycles. The van der Waals surface area contributed by atoms with Crippen LogP contribution in [0.15, 0.2) is 78.9 Å². The maximum absolute atomic E-state index is 12.3. The molecular weight excluding hydrogens is 282 g/mol. The molecule has 3 rings (SSSR count). The molecule has 0 aliphatic heterocycles. The van der Waals surface area contributed by atoms with Gasteiger partial charge in [0.1, 0.15) is 0 Å². The minimum absolute atomic E-state index is 0.154. The van der Waals surface area contributed by atoms with E-state index < -0.39 is 0 Å². The standard InChI is InChI=1S/C21H15NO/c1-2-16-7-6-10-20(15-16)22-21(23)19-13-11-18(12-14-19)17-8-4-3-5-9-17/h1,3-15H,(H,22,23). The first-order valence-electron chi connectivity index (χ1n) is 7.30. The number of nitrogens with one attached hydrogen (secondary N) is 1. The lowest BCUT2D eigenvalue weighted by Gasteiger charge is -2.07. The van der Waals surface area contributed by atoms with Crippen LogP contribution in [0, 0.1) is 12.3 Å². The molecule has 3 aromatic rings. The summed E-state index contributed by atoms with van der Waals surface area (Å²) in [6.45, 7) is 0. The van der Waals surface area contributed by atoms with E-state index in [9.17, 15) is 4.79 Å². The summed E-state index contributed by atoms with van der Waals surface area (Å²) in [7, 11) is 0. The summed E-state index contributed by atoms with van der Waals surface area (Å²) in [4.78, 5) is 12.3. The van der Waals surface area contributed by atoms with Gasteiger partial charge in [0.2, 0.25) is 0 Å². The fraction of sp³-hybridized carbons (Fsp3) is 0. The molecular formula is C21H15NO. The number of carbonyl (C=O) groups excluding carboxylic acids is 1. The highest BCUT2D eigenvalue weighted by Gasteiger charge is 2.06. The molecule has 0 saturated heterocycles. The summed E-state index contributed by atoms with van der Waals surface area (Å²) in [6.07, 6.45) is 5.37. The average molecular weight is 297 g/mol. The van der Waals surface area contributed by atoms with E-state index in [1.54, 1.807) is 6.07 Å². The monoisotopic (exact) mass is 297 g/mol.